The number of hydrogen-bond acceptors (Lipinski definition) is 5. The summed E-state index contributed by atoms with van der Waals surface area (Å²) in [7, 11) is 2.69. The summed E-state index contributed by atoms with van der Waals surface area (Å²) in [6.45, 7) is -0.289. The molecule has 7 nitrogen and oxygen atoms in total. The van der Waals surface area contributed by atoms with Crippen molar-refractivity contribution in [3.05, 3.63) is 57.5 Å². The minimum Gasteiger partial charge on any atom is -0.380 e. The number of alkyl halides is 3. The molecule has 2 rings (SSSR count). The van der Waals surface area contributed by atoms with Crippen molar-refractivity contribution in [2.24, 2.45) is 0 Å². The second-order valence-electron chi connectivity index (χ2n) is 5.20. The lowest BCUT2D eigenvalue weighted by molar-refractivity contribution is -0.137. The molecule has 1 aromatic heterocycles. The highest BCUT2D eigenvalue weighted by Gasteiger charge is 2.30. The number of carbonyl (C=O) groups is 1. The molecule has 26 heavy (non-hydrogen) atoms. The summed E-state index contributed by atoms with van der Waals surface area (Å²) < 4.78 is 49.4. The zero-order valence-corrected chi connectivity index (χ0v) is 14.0. The fraction of sp³-hybridized carbons (Fsp3) is 0.312. The van der Waals surface area contributed by atoms with Crippen LogP contribution in [0.15, 0.2) is 35.3 Å². The summed E-state index contributed by atoms with van der Waals surface area (Å²) in [6.07, 6.45) is -3.31. The van der Waals surface area contributed by atoms with Crippen LogP contribution in [0.5, 0.6) is 0 Å². The molecular weight excluding hydrogens is 355 g/mol. The smallest absolute Gasteiger partial charge is 0.380 e. The molecule has 0 saturated heterocycles. The summed E-state index contributed by atoms with van der Waals surface area (Å²) in [6, 6.07) is 4.36. The van der Waals surface area contributed by atoms with Gasteiger partial charge in [-0.2, -0.15) is 18.3 Å². The zero-order valence-electron chi connectivity index (χ0n) is 14.0. The van der Waals surface area contributed by atoms with Gasteiger partial charge < -0.3 is 14.8 Å². The Hall–Kier alpha value is -2.72. The minimum absolute atomic E-state index is 0.0398. The van der Waals surface area contributed by atoms with Gasteiger partial charge >= 0.3 is 6.18 Å². The maximum absolute atomic E-state index is 12.9. The number of ether oxygens (including phenoxy) is 2. The molecule has 0 bridgehead atoms. The van der Waals surface area contributed by atoms with Crippen LogP contribution >= 0.6 is 0 Å². The van der Waals surface area contributed by atoms with Crippen LogP contribution in [-0.4, -0.2) is 36.6 Å². The monoisotopic (exact) mass is 371 g/mol. The lowest BCUT2D eigenvalue weighted by Gasteiger charge is -2.13. The first kappa shape index (κ1) is 19.6. The Kier molecular flexibility index (Phi) is 6.11. The Balaban J connectivity index is 2.57. The third-order valence-corrected chi connectivity index (χ3v) is 3.32. The number of amides is 1. The summed E-state index contributed by atoms with van der Waals surface area (Å²) in [5.74, 6) is -0.810. The Bertz CT molecular complexity index is 849. The van der Waals surface area contributed by atoms with E-state index in [-0.39, 0.29) is 24.6 Å². The molecule has 0 saturated carbocycles. The minimum atomic E-state index is -4.54. The highest BCUT2D eigenvalue weighted by Crippen LogP contribution is 2.30. The Labute approximate surface area is 146 Å². The van der Waals surface area contributed by atoms with Crippen LogP contribution in [0.1, 0.15) is 21.6 Å². The molecule has 0 radical (unpaired) electrons. The van der Waals surface area contributed by atoms with Gasteiger partial charge in [-0.1, -0.05) is 6.07 Å². The molecule has 2 aromatic rings. The van der Waals surface area contributed by atoms with E-state index in [0.29, 0.717) is 0 Å². The number of benzene rings is 1. The number of hydrogen-bond donors (Lipinski definition) is 1. The average molecular weight is 371 g/mol. The summed E-state index contributed by atoms with van der Waals surface area (Å²) in [5.41, 5.74) is -1.92. The van der Waals surface area contributed by atoms with E-state index in [1.165, 1.54) is 32.5 Å². The number of halogens is 3. The number of aromatic nitrogens is 2. The van der Waals surface area contributed by atoms with Gasteiger partial charge in [-0.3, -0.25) is 9.59 Å². The van der Waals surface area contributed by atoms with Crippen molar-refractivity contribution in [3.63, 3.8) is 0 Å². The second kappa shape index (κ2) is 8.11. The Morgan fingerprint density at radius 1 is 1.27 bits per heavy atom. The van der Waals surface area contributed by atoms with Gasteiger partial charge in [0.05, 0.1) is 17.9 Å². The van der Waals surface area contributed by atoms with Crippen LogP contribution < -0.4 is 10.7 Å². The third-order valence-electron chi connectivity index (χ3n) is 3.32. The molecule has 0 fully saturated rings. The summed E-state index contributed by atoms with van der Waals surface area (Å²) >= 11 is 0. The van der Waals surface area contributed by atoms with Crippen LogP contribution in [0.2, 0.25) is 0 Å². The zero-order chi connectivity index (χ0) is 19.3. The number of carbonyl (C=O) groups excluding carboxylic acids is 1. The van der Waals surface area contributed by atoms with E-state index >= 15 is 0 Å². The fourth-order valence-electron chi connectivity index (χ4n) is 2.13. The van der Waals surface area contributed by atoms with Crippen molar-refractivity contribution in [2.75, 3.05) is 21.0 Å². The first-order valence-electron chi connectivity index (χ1n) is 7.34. The standard InChI is InChI=1S/C16H16F3N3O4/c1-25-8-10-7-22(12-5-3-4-11(6-12)16(17,18)19)21-13(14(10)23)15(24)20-9-26-2/h3-7H,8-9H2,1-2H3,(H,20,24). The van der Waals surface area contributed by atoms with E-state index in [9.17, 15) is 22.8 Å². The molecule has 0 atom stereocenters. The molecule has 0 aliphatic rings. The summed E-state index contributed by atoms with van der Waals surface area (Å²) in [4.78, 5) is 24.4. The molecule has 0 aliphatic heterocycles. The van der Waals surface area contributed by atoms with Gasteiger partial charge in [-0.05, 0) is 18.2 Å². The Morgan fingerprint density at radius 3 is 2.62 bits per heavy atom. The van der Waals surface area contributed by atoms with Crippen molar-refractivity contribution in [3.8, 4) is 5.69 Å². The van der Waals surface area contributed by atoms with Crippen LogP contribution in [0.3, 0.4) is 0 Å². The largest absolute Gasteiger partial charge is 0.416 e. The third kappa shape index (κ3) is 4.46. The fourth-order valence-corrected chi connectivity index (χ4v) is 2.13. The van der Waals surface area contributed by atoms with E-state index in [0.717, 1.165) is 16.8 Å². The number of rotatable bonds is 6. The first-order chi connectivity index (χ1) is 12.3. The lowest BCUT2D eigenvalue weighted by Crippen LogP contribution is -2.34. The van der Waals surface area contributed by atoms with Crippen LogP contribution in [0.25, 0.3) is 5.69 Å². The normalized spacial score (nSPS) is 11.4. The average Bonchev–Trinajstić information content (AvgIpc) is 2.61. The molecule has 0 aliphatic carbocycles. The first-order valence-corrected chi connectivity index (χ1v) is 7.34. The van der Waals surface area contributed by atoms with Gasteiger partial charge in [0.1, 0.15) is 6.73 Å². The summed E-state index contributed by atoms with van der Waals surface area (Å²) in [5, 5.41) is 6.19. The molecule has 1 N–H and O–H groups in total. The number of methoxy groups -OCH3 is 2. The molecule has 140 valence electrons. The van der Waals surface area contributed by atoms with Crippen molar-refractivity contribution < 1.29 is 27.4 Å². The highest BCUT2D eigenvalue weighted by atomic mass is 19.4. The van der Waals surface area contributed by atoms with Crippen molar-refractivity contribution >= 4 is 5.91 Å². The quantitative estimate of drug-likeness (QED) is 0.782. The molecular formula is C16H16F3N3O4. The van der Waals surface area contributed by atoms with E-state index in [1.807, 2.05) is 0 Å². The van der Waals surface area contributed by atoms with E-state index in [2.05, 4.69) is 10.4 Å². The molecule has 1 heterocycles. The van der Waals surface area contributed by atoms with Gasteiger partial charge in [0.15, 0.2) is 5.69 Å². The van der Waals surface area contributed by atoms with Gasteiger partial charge in [0.25, 0.3) is 5.91 Å². The Morgan fingerprint density at radius 2 is 2.00 bits per heavy atom. The lowest BCUT2D eigenvalue weighted by atomic mass is 10.2. The SMILES string of the molecule is COCNC(=O)c1nn(-c2cccc(C(F)(F)F)c2)cc(COC)c1=O. The van der Waals surface area contributed by atoms with Crippen LogP contribution in [0, 0.1) is 0 Å². The highest BCUT2D eigenvalue weighted by molar-refractivity contribution is 5.92. The number of nitrogens with zero attached hydrogens (tertiary/aromatic N) is 2. The number of nitrogens with one attached hydrogen (secondary N) is 1. The van der Waals surface area contributed by atoms with Gasteiger partial charge in [0, 0.05) is 26.0 Å². The molecule has 1 aromatic carbocycles. The predicted molar refractivity (Wildman–Crippen MR) is 84.9 cm³/mol. The molecule has 0 spiro atoms. The predicted octanol–water partition coefficient (Wildman–Crippen LogP) is 1.73. The van der Waals surface area contributed by atoms with Crippen molar-refractivity contribution in [1.29, 1.82) is 0 Å². The van der Waals surface area contributed by atoms with Gasteiger partial charge in [-0.15, -0.1) is 0 Å². The van der Waals surface area contributed by atoms with Crippen molar-refractivity contribution in [1.82, 2.24) is 15.1 Å². The second-order valence-corrected chi connectivity index (χ2v) is 5.20. The maximum atomic E-state index is 12.9. The molecule has 1 amide bonds. The van der Waals surface area contributed by atoms with E-state index in [4.69, 9.17) is 9.47 Å². The van der Waals surface area contributed by atoms with Crippen LogP contribution in [0.4, 0.5) is 13.2 Å². The van der Waals surface area contributed by atoms with Crippen molar-refractivity contribution in [2.45, 2.75) is 12.8 Å². The van der Waals surface area contributed by atoms with E-state index < -0.39 is 28.8 Å². The van der Waals surface area contributed by atoms with Gasteiger partial charge in [0.2, 0.25) is 5.43 Å². The van der Waals surface area contributed by atoms with E-state index in [1.54, 1.807) is 0 Å². The molecule has 0 unspecified atom stereocenters. The van der Waals surface area contributed by atoms with Crippen LogP contribution in [-0.2, 0) is 22.3 Å². The maximum Gasteiger partial charge on any atom is 0.416 e. The molecule has 10 heteroatoms. The van der Waals surface area contributed by atoms with Gasteiger partial charge in [-0.25, -0.2) is 4.68 Å². The topological polar surface area (TPSA) is 82.4 Å².